The van der Waals surface area contributed by atoms with Crippen LogP contribution in [0.4, 0.5) is 22.4 Å². The lowest BCUT2D eigenvalue weighted by Gasteiger charge is -2.36. The Morgan fingerprint density at radius 1 is 1.02 bits per heavy atom. The van der Waals surface area contributed by atoms with Crippen molar-refractivity contribution in [3.63, 3.8) is 0 Å². The van der Waals surface area contributed by atoms with Crippen molar-refractivity contribution < 1.29 is 4.79 Å². The number of pyridine rings is 1. The van der Waals surface area contributed by atoms with Crippen molar-refractivity contribution >= 4 is 23.6 Å². The lowest BCUT2D eigenvalue weighted by molar-refractivity contribution is 0.240. The normalized spacial score (nSPS) is 16.0. The van der Waals surface area contributed by atoms with E-state index in [-0.39, 0.29) is 18.1 Å². The molecule has 0 spiro atoms. The molecule has 13 heteroatoms. The van der Waals surface area contributed by atoms with Gasteiger partial charge in [0.05, 0.1) is 18.9 Å². The quantitative estimate of drug-likeness (QED) is 0.178. The number of aromatic amines is 1. The Balaban J connectivity index is 1.13. The molecular formula is C32H34N12O. The number of anilines is 3. The standard InChI is InChI=1S/C32H34N12O/c1-43-21-25(19-40-43)23-7-12-29(36-17-23)44(32(45)39-16-22-5-3-2-4-6-22)27-10-8-26(9-11-27)41-31-38-18-24(15-33)30(42-31)37-20-28-34-13-14-35-28/h2-7,12-14,17-19,21,26-27H,8-11,16,20H2,1H3,(H,34,35)(H,39,45)(H2,37,38,41,42)/t26-,27-. The van der Waals surface area contributed by atoms with Gasteiger partial charge in [0.15, 0.2) is 0 Å². The number of urea groups is 1. The Morgan fingerprint density at radius 2 is 1.87 bits per heavy atom. The second-order valence-electron chi connectivity index (χ2n) is 10.9. The highest BCUT2D eigenvalue weighted by Crippen LogP contribution is 2.30. The van der Waals surface area contributed by atoms with Gasteiger partial charge in [0.25, 0.3) is 0 Å². The molecule has 2 amide bonds. The Labute approximate surface area is 260 Å². The predicted molar refractivity (Wildman–Crippen MR) is 170 cm³/mol. The van der Waals surface area contributed by atoms with Gasteiger partial charge in [0.2, 0.25) is 5.95 Å². The van der Waals surface area contributed by atoms with Crippen molar-refractivity contribution in [2.75, 3.05) is 15.5 Å². The molecule has 5 aromatic rings. The van der Waals surface area contributed by atoms with Crippen molar-refractivity contribution in [1.29, 1.82) is 5.26 Å². The number of amides is 2. The van der Waals surface area contributed by atoms with Gasteiger partial charge >= 0.3 is 6.03 Å². The molecular weight excluding hydrogens is 568 g/mol. The van der Waals surface area contributed by atoms with Crippen molar-refractivity contribution in [1.82, 2.24) is 40.0 Å². The van der Waals surface area contributed by atoms with E-state index >= 15 is 0 Å². The fraction of sp³-hybridized carbons (Fsp3) is 0.281. The van der Waals surface area contributed by atoms with E-state index in [4.69, 9.17) is 4.98 Å². The van der Waals surface area contributed by atoms with E-state index in [1.807, 2.05) is 55.7 Å². The van der Waals surface area contributed by atoms with Gasteiger partial charge in [-0.05, 0) is 43.4 Å². The summed E-state index contributed by atoms with van der Waals surface area (Å²) in [7, 11) is 1.88. The second-order valence-corrected chi connectivity index (χ2v) is 10.9. The van der Waals surface area contributed by atoms with Crippen LogP contribution in [0.5, 0.6) is 0 Å². The average Bonchev–Trinajstić information content (AvgIpc) is 3.77. The Hall–Kier alpha value is -5.77. The number of benzene rings is 1. The van der Waals surface area contributed by atoms with E-state index in [1.54, 1.807) is 34.4 Å². The number of carbonyl (C=O) groups is 1. The molecule has 4 heterocycles. The minimum absolute atomic E-state index is 0.0389. The number of imidazole rings is 1. The van der Waals surface area contributed by atoms with Crippen LogP contribution in [0.2, 0.25) is 0 Å². The van der Waals surface area contributed by atoms with Crippen LogP contribution in [0, 0.1) is 11.3 Å². The van der Waals surface area contributed by atoms with Gasteiger partial charge in [-0.15, -0.1) is 0 Å². The molecule has 4 N–H and O–H groups in total. The zero-order chi connectivity index (χ0) is 31.0. The van der Waals surface area contributed by atoms with Crippen LogP contribution in [0.1, 0.15) is 42.6 Å². The van der Waals surface area contributed by atoms with Crippen LogP contribution in [-0.2, 0) is 20.1 Å². The van der Waals surface area contributed by atoms with E-state index in [2.05, 4.69) is 47.1 Å². The molecule has 0 saturated heterocycles. The summed E-state index contributed by atoms with van der Waals surface area (Å²) in [4.78, 5) is 36.4. The molecule has 1 fully saturated rings. The molecule has 6 rings (SSSR count). The monoisotopic (exact) mass is 602 g/mol. The van der Waals surface area contributed by atoms with Crippen molar-refractivity contribution in [2.45, 2.75) is 50.9 Å². The molecule has 0 aliphatic heterocycles. The van der Waals surface area contributed by atoms with Gasteiger partial charge in [-0.3, -0.25) is 9.58 Å². The third-order valence-electron chi connectivity index (χ3n) is 7.82. The number of hydrogen-bond donors (Lipinski definition) is 4. The summed E-state index contributed by atoms with van der Waals surface area (Å²) in [6.45, 7) is 0.829. The number of carbonyl (C=O) groups excluding carboxylic acids is 1. The summed E-state index contributed by atoms with van der Waals surface area (Å²) in [5.74, 6) is 2.24. The number of rotatable bonds is 10. The van der Waals surface area contributed by atoms with Crippen molar-refractivity contribution in [2.24, 2.45) is 7.05 Å². The van der Waals surface area contributed by atoms with Gasteiger partial charge < -0.3 is 20.9 Å². The van der Waals surface area contributed by atoms with E-state index in [9.17, 15) is 10.1 Å². The van der Waals surface area contributed by atoms with Crippen LogP contribution in [0.3, 0.4) is 0 Å². The summed E-state index contributed by atoms with van der Waals surface area (Å²) < 4.78 is 1.75. The van der Waals surface area contributed by atoms with Gasteiger partial charge in [-0.2, -0.15) is 15.3 Å². The minimum atomic E-state index is -0.181. The highest BCUT2D eigenvalue weighted by Gasteiger charge is 2.31. The number of nitriles is 1. The highest BCUT2D eigenvalue weighted by molar-refractivity contribution is 5.91. The van der Waals surface area contributed by atoms with Gasteiger partial charge in [0, 0.05) is 61.6 Å². The molecule has 1 aliphatic carbocycles. The molecule has 1 aromatic carbocycles. The van der Waals surface area contributed by atoms with Crippen LogP contribution in [-0.4, -0.2) is 52.8 Å². The number of nitrogens with one attached hydrogen (secondary N) is 4. The zero-order valence-corrected chi connectivity index (χ0v) is 24.9. The molecule has 0 unspecified atom stereocenters. The van der Waals surface area contributed by atoms with E-state index < -0.39 is 0 Å². The summed E-state index contributed by atoms with van der Waals surface area (Å²) in [6.07, 6.45) is 13.6. The van der Waals surface area contributed by atoms with Gasteiger partial charge in [-0.1, -0.05) is 30.3 Å². The van der Waals surface area contributed by atoms with Crippen LogP contribution < -0.4 is 20.9 Å². The summed E-state index contributed by atoms with van der Waals surface area (Å²) in [5, 5.41) is 23.5. The van der Waals surface area contributed by atoms with Crippen LogP contribution >= 0.6 is 0 Å². The third-order valence-corrected chi connectivity index (χ3v) is 7.82. The first-order valence-corrected chi connectivity index (χ1v) is 14.9. The van der Waals surface area contributed by atoms with Crippen LogP contribution in [0.15, 0.2) is 79.6 Å². The third kappa shape index (κ3) is 7.24. The van der Waals surface area contributed by atoms with Crippen molar-refractivity contribution in [3.05, 3.63) is 96.6 Å². The summed E-state index contributed by atoms with van der Waals surface area (Å²) in [6, 6.07) is 15.8. The predicted octanol–water partition coefficient (Wildman–Crippen LogP) is 4.62. The summed E-state index contributed by atoms with van der Waals surface area (Å²) >= 11 is 0. The van der Waals surface area contributed by atoms with Gasteiger partial charge in [-0.25, -0.2) is 19.7 Å². The molecule has 0 radical (unpaired) electrons. The topological polar surface area (TPSA) is 165 Å². The second kappa shape index (κ2) is 13.7. The molecule has 0 bridgehead atoms. The van der Waals surface area contributed by atoms with Crippen LogP contribution in [0.25, 0.3) is 11.1 Å². The number of aromatic nitrogens is 7. The Morgan fingerprint density at radius 3 is 2.56 bits per heavy atom. The Kier molecular flexibility index (Phi) is 8.91. The molecule has 1 saturated carbocycles. The minimum Gasteiger partial charge on any atom is -0.362 e. The Bertz CT molecular complexity index is 1740. The molecule has 0 atom stereocenters. The fourth-order valence-corrected chi connectivity index (χ4v) is 5.48. The number of aryl methyl sites for hydroxylation is 1. The maximum Gasteiger partial charge on any atom is 0.323 e. The first-order chi connectivity index (χ1) is 22.1. The fourth-order valence-electron chi connectivity index (χ4n) is 5.48. The molecule has 1 aliphatic rings. The molecule has 13 nitrogen and oxygen atoms in total. The maximum absolute atomic E-state index is 13.7. The number of nitrogens with zero attached hydrogens (tertiary/aromatic N) is 8. The first kappa shape index (κ1) is 29.3. The smallest absolute Gasteiger partial charge is 0.323 e. The number of H-pyrrole nitrogens is 1. The van der Waals surface area contributed by atoms with Gasteiger partial charge in [0.1, 0.15) is 29.1 Å². The zero-order valence-electron chi connectivity index (χ0n) is 24.9. The molecule has 45 heavy (non-hydrogen) atoms. The average molecular weight is 603 g/mol. The lowest BCUT2D eigenvalue weighted by Crippen LogP contribution is -2.49. The molecule has 228 valence electrons. The highest BCUT2D eigenvalue weighted by atomic mass is 16.2. The SMILES string of the molecule is Cn1cc(-c2ccc(N(C(=O)NCc3ccccc3)[C@H]3CC[C@H](Nc4ncc(C#N)c(NCc5ncc[nH]5)n4)CC3)nc2)cn1. The largest absolute Gasteiger partial charge is 0.362 e. The lowest BCUT2D eigenvalue weighted by atomic mass is 9.90. The van der Waals surface area contributed by atoms with E-state index in [0.29, 0.717) is 36.2 Å². The van der Waals surface area contributed by atoms with E-state index in [0.717, 1.165) is 48.2 Å². The first-order valence-electron chi connectivity index (χ1n) is 14.9. The maximum atomic E-state index is 13.7. The molecule has 4 aromatic heterocycles. The number of hydrogen-bond acceptors (Lipinski definition) is 9. The van der Waals surface area contributed by atoms with E-state index in [1.165, 1.54) is 6.20 Å². The summed E-state index contributed by atoms with van der Waals surface area (Å²) in [5.41, 5.74) is 3.28. The van der Waals surface area contributed by atoms with Crippen molar-refractivity contribution in [3.8, 4) is 17.2 Å².